The first-order chi connectivity index (χ1) is 14.5. The maximum atomic E-state index is 13.0. The molecule has 2 aliphatic rings. The lowest BCUT2D eigenvalue weighted by Crippen LogP contribution is -2.38. The van der Waals surface area contributed by atoms with Gasteiger partial charge in [0.05, 0.1) is 16.8 Å². The second-order valence-corrected chi connectivity index (χ2v) is 9.68. The number of halogens is 3. The fourth-order valence-electron chi connectivity index (χ4n) is 4.17. The number of nitrogens with zero attached hydrogens (tertiary/aromatic N) is 2. The predicted octanol–water partition coefficient (Wildman–Crippen LogP) is 6.90. The van der Waals surface area contributed by atoms with E-state index < -0.39 is 0 Å². The molecule has 0 saturated heterocycles. The molecule has 0 bridgehead atoms. The van der Waals surface area contributed by atoms with E-state index >= 15 is 0 Å². The van der Waals surface area contributed by atoms with Gasteiger partial charge in [-0.1, -0.05) is 76.9 Å². The second-order valence-electron chi connectivity index (χ2n) is 7.92. The van der Waals surface area contributed by atoms with Crippen molar-refractivity contribution in [3.63, 3.8) is 0 Å². The average Bonchev–Trinajstić information content (AvgIpc) is 3.00. The summed E-state index contributed by atoms with van der Waals surface area (Å²) in [7, 11) is 0. The van der Waals surface area contributed by atoms with Crippen molar-refractivity contribution >= 4 is 56.4 Å². The number of hydrogen-bond donors (Lipinski definition) is 1. The fraction of sp³-hybridized carbons (Fsp3) is 0.391. The molecular formula is C23H24BrCl2N3O. The third kappa shape index (κ3) is 5.01. The van der Waals surface area contributed by atoms with Crippen LogP contribution in [-0.4, -0.2) is 17.7 Å². The number of hydrazone groups is 1. The van der Waals surface area contributed by atoms with Gasteiger partial charge in [0.1, 0.15) is 5.71 Å². The zero-order chi connectivity index (χ0) is 21.1. The van der Waals surface area contributed by atoms with E-state index in [2.05, 4.69) is 21.2 Å². The molecule has 0 unspecified atom stereocenters. The molecule has 30 heavy (non-hydrogen) atoms. The van der Waals surface area contributed by atoms with Crippen LogP contribution in [0.25, 0.3) is 0 Å². The van der Waals surface area contributed by atoms with E-state index in [0.717, 1.165) is 28.6 Å². The van der Waals surface area contributed by atoms with Crippen LogP contribution in [0.3, 0.4) is 0 Å². The third-order valence-electron chi connectivity index (χ3n) is 5.77. The second kappa shape index (κ2) is 9.71. The highest BCUT2D eigenvalue weighted by molar-refractivity contribution is 9.10. The highest BCUT2D eigenvalue weighted by Crippen LogP contribution is 2.40. The molecule has 2 aromatic rings. The predicted molar refractivity (Wildman–Crippen MR) is 128 cm³/mol. The topological polar surface area (TPSA) is 44.7 Å². The highest BCUT2D eigenvalue weighted by atomic mass is 79.9. The van der Waals surface area contributed by atoms with E-state index in [4.69, 9.17) is 28.3 Å². The largest absolute Gasteiger partial charge is 0.348 e. The maximum absolute atomic E-state index is 13.0. The Morgan fingerprint density at radius 1 is 1.03 bits per heavy atom. The molecule has 0 radical (unpaired) electrons. The lowest BCUT2D eigenvalue weighted by Gasteiger charge is -2.25. The van der Waals surface area contributed by atoms with Crippen LogP contribution in [0.5, 0.6) is 0 Å². The number of carbonyl (C=O) groups is 1. The number of rotatable bonds is 4. The number of amides is 1. The van der Waals surface area contributed by atoms with Crippen molar-refractivity contribution in [1.29, 1.82) is 0 Å². The Balaban J connectivity index is 1.61. The van der Waals surface area contributed by atoms with E-state index in [1.807, 2.05) is 35.3 Å². The summed E-state index contributed by atoms with van der Waals surface area (Å²) in [5.41, 5.74) is 2.36. The van der Waals surface area contributed by atoms with Crippen LogP contribution >= 0.6 is 39.1 Å². The van der Waals surface area contributed by atoms with Gasteiger partial charge >= 0.3 is 0 Å². The van der Waals surface area contributed by atoms with Crippen LogP contribution in [0.15, 0.2) is 52.0 Å². The van der Waals surface area contributed by atoms with Crippen molar-refractivity contribution < 1.29 is 4.79 Å². The van der Waals surface area contributed by atoms with Gasteiger partial charge < -0.3 is 5.32 Å². The first kappa shape index (κ1) is 21.7. The molecule has 1 atom stereocenters. The Kier molecular flexibility index (Phi) is 7.01. The van der Waals surface area contributed by atoms with Gasteiger partial charge in [-0.2, -0.15) is 5.10 Å². The van der Waals surface area contributed by atoms with Crippen molar-refractivity contribution in [3.8, 4) is 0 Å². The van der Waals surface area contributed by atoms with Gasteiger partial charge in [-0.25, -0.2) is 0 Å². The smallest absolute Gasteiger partial charge is 0.267 e. The Hall–Kier alpha value is -1.56. The summed E-state index contributed by atoms with van der Waals surface area (Å²) < 4.78 is 1.01. The van der Waals surface area contributed by atoms with Gasteiger partial charge in [0.2, 0.25) is 0 Å². The van der Waals surface area contributed by atoms with E-state index in [0.29, 0.717) is 22.2 Å². The molecule has 1 amide bonds. The zero-order valence-corrected chi connectivity index (χ0v) is 19.7. The van der Waals surface area contributed by atoms with Gasteiger partial charge in [-0.05, 0) is 48.7 Å². The van der Waals surface area contributed by atoms with E-state index in [9.17, 15) is 4.79 Å². The summed E-state index contributed by atoms with van der Waals surface area (Å²) in [6.45, 7) is 0. The Bertz CT molecular complexity index is 940. The van der Waals surface area contributed by atoms with Crippen molar-refractivity contribution in [3.05, 3.63) is 62.5 Å². The minimum absolute atomic E-state index is 0.0726. The van der Waals surface area contributed by atoms with E-state index in [1.165, 1.54) is 25.7 Å². The average molecular weight is 509 g/mol. The number of carbonyl (C=O) groups excluding carboxylic acids is 1. The molecule has 1 aliphatic carbocycles. The minimum Gasteiger partial charge on any atom is -0.348 e. The monoisotopic (exact) mass is 507 g/mol. The molecule has 158 valence electrons. The molecule has 0 aromatic heterocycles. The molecule has 1 aliphatic heterocycles. The maximum Gasteiger partial charge on any atom is 0.267 e. The molecule has 4 rings (SSSR count). The lowest BCUT2D eigenvalue weighted by molar-refractivity contribution is -0.115. The Labute approximate surface area is 195 Å². The SMILES string of the molecule is O=C(NC1CCCCCC1)C1=NN(c2ccc(Cl)cc2Cl)[C@H](c2ccc(Br)cc2)C1. The van der Waals surface area contributed by atoms with Crippen LogP contribution in [0, 0.1) is 0 Å². The first-order valence-corrected chi connectivity index (χ1v) is 11.9. The highest BCUT2D eigenvalue weighted by Gasteiger charge is 2.34. The van der Waals surface area contributed by atoms with E-state index in [1.54, 1.807) is 12.1 Å². The Morgan fingerprint density at radius 3 is 2.40 bits per heavy atom. The summed E-state index contributed by atoms with van der Waals surface area (Å²) >= 11 is 16.1. The van der Waals surface area contributed by atoms with Crippen LogP contribution in [0.4, 0.5) is 5.69 Å². The van der Waals surface area contributed by atoms with Crippen LogP contribution < -0.4 is 10.3 Å². The van der Waals surface area contributed by atoms with Gasteiger partial charge in [0, 0.05) is 22.0 Å². The van der Waals surface area contributed by atoms with Crippen molar-refractivity contribution in [2.75, 3.05) is 5.01 Å². The molecule has 1 N–H and O–H groups in total. The summed E-state index contributed by atoms with van der Waals surface area (Å²) in [6.07, 6.45) is 7.46. The van der Waals surface area contributed by atoms with Crippen molar-refractivity contribution in [2.45, 2.75) is 57.0 Å². The summed E-state index contributed by atoms with van der Waals surface area (Å²) in [5, 5.41) is 10.9. The number of nitrogens with one attached hydrogen (secondary N) is 1. The molecule has 7 heteroatoms. The van der Waals surface area contributed by atoms with Gasteiger partial charge in [-0.15, -0.1) is 0 Å². The zero-order valence-electron chi connectivity index (χ0n) is 16.6. The van der Waals surface area contributed by atoms with Gasteiger partial charge in [0.25, 0.3) is 5.91 Å². The summed E-state index contributed by atoms with van der Waals surface area (Å²) in [6, 6.07) is 13.6. The van der Waals surface area contributed by atoms with Gasteiger partial charge in [-0.3, -0.25) is 9.80 Å². The fourth-order valence-corrected chi connectivity index (χ4v) is 4.93. The molecule has 1 heterocycles. The summed E-state index contributed by atoms with van der Waals surface area (Å²) in [5.74, 6) is -0.0726. The molecule has 0 spiro atoms. The quantitative estimate of drug-likeness (QED) is 0.456. The van der Waals surface area contributed by atoms with E-state index in [-0.39, 0.29) is 18.0 Å². The molecular weight excluding hydrogens is 485 g/mol. The normalized spacial score (nSPS) is 20.0. The van der Waals surface area contributed by atoms with Crippen molar-refractivity contribution in [1.82, 2.24) is 5.32 Å². The number of hydrogen-bond acceptors (Lipinski definition) is 3. The summed E-state index contributed by atoms with van der Waals surface area (Å²) in [4.78, 5) is 13.0. The van der Waals surface area contributed by atoms with Gasteiger partial charge in [0.15, 0.2) is 0 Å². The number of benzene rings is 2. The van der Waals surface area contributed by atoms with Crippen LogP contribution in [0.2, 0.25) is 10.0 Å². The first-order valence-electron chi connectivity index (χ1n) is 10.4. The third-order valence-corrected chi connectivity index (χ3v) is 6.84. The molecule has 2 aromatic carbocycles. The van der Waals surface area contributed by atoms with Crippen LogP contribution in [0.1, 0.15) is 56.6 Å². The standard InChI is InChI=1S/C23H24BrCl2N3O/c24-16-9-7-15(8-10-16)22-14-20(23(30)27-18-5-3-1-2-4-6-18)28-29(22)21-12-11-17(25)13-19(21)26/h7-13,18,22H,1-6,14H2,(H,27,30)/t22-/m0/s1. The van der Waals surface area contributed by atoms with Crippen molar-refractivity contribution in [2.24, 2.45) is 5.10 Å². The molecule has 1 fully saturated rings. The molecule has 4 nitrogen and oxygen atoms in total. The Morgan fingerprint density at radius 2 is 1.73 bits per heavy atom. The lowest BCUT2D eigenvalue weighted by atomic mass is 10.0. The number of anilines is 1. The minimum atomic E-state index is -0.105. The molecule has 1 saturated carbocycles. The van der Waals surface area contributed by atoms with Crippen LogP contribution in [-0.2, 0) is 4.79 Å².